The lowest BCUT2D eigenvalue weighted by atomic mass is 9.98. The van der Waals surface area contributed by atoms with Crippen LogP contribution in [0.4, 0.5) is 0 Å². The number of hydrogen-bond acceptors (Lipinski definition) is 3. The zero-order valence-electron chi connectivity index (χ0n) is 11.6. The fraction of sp³-hybridized carbons (Fsp3) is 0.375. The van der Waals surface area contributed by atoms with Gasteiger partial charge in [-0.3, -0.25) is 4.90 Å². The van der Waals surface area contributed by atoms with Gasteiger partial charge in [0.15, 0.2) is 0 Å². The molecule has 1 aromatic carbocycles. The molecule has 0 spiro atoms. The van der Waals surface area contributed by atoms with Crippen LogP contribution in [-0.4, -0.2) is 18.5 Å². The fourth-order valence-corrected chi connectivity index (χ4v) is 4.12. The van der Waals surface area contributed by atoms with Crippen molar-refractivity contribution in [3.8, 4) is 0 Å². The third kappa shape index (κ3) is 3.14. The molecule has 3 rings (SSSR count). The number of halogens is 1. The summed E-state index contributed by atoms with van der Waals surface area (Å²) in [6, 6.07) is 11.6. The summed E-state index contributed by atoms with van der Waals surface area (Å²) in [5, 5.41) is 5.76. The summed E-state index contributed by atoms with van der Waals surface area (Å²) in [7, 11) is 2.23. The summed E-state index contributed by atoms with van der Waals surface area (Å²) >= 11 is 5.31. The standard InChI is InChI=1S/C16H19BrN2S/c1-19(10-12-8-16(17)20-11-12)15-6-7-18-9-13-4-2-3-5-14(13)15/h2-5,8,11,15,18H,6-7,9-10H2,1H3. The Morgan fingerprint density at radius 3 is 3.05 bits per heavy atom. The number of nitrogens with one attached hydrogen (secondary N) is 1. The Labute approximate surface area is 132 Å². The molecule has 0 fully saturated rings. The molecule has 2 aromatic rings. The Morgan fingerprint density at radius 2 is 2.25 bits per heavy atom. The molecule has 1 aliphatic rings. The van der Waals surface area contributed by atoms with Crippen LogP contribution in [0, 0.1) is 0 Å². The predicted octanol–water partition coefficient (Wildman–Crippen LogP) is 4.18. The van der Waals surface area contributed by atoms with E-state index in [9.17, 15) is 0 Å². The monoisotopic (exact) mass is 350 g/mol. The van der Waals surface area contributed by atoms with Gasteiger partial charge in [0.1, 0.15) is 0 Å². The number of benzene rings is 1. The highest BCUT2D eigenvalue weighted by molar-refractivity contribution is 9.11. The van der Waals surface area contributed by atoms with Crippen LogP contribution in [0.15, 0.2) is 39.5 Å². The highest BCUT2D eigenvalue weighted by Gasteiger charge is 2.22. The summed E-state index contributed by atoms with van der Waals surface area (Å²) in [5.74, 6) is 0. The lowest BCUT2D eigenvalue weighted by molar-refractivity contribution is 0.227. The maximum absolute atomic E-state index is 3.55. The molecular formula is C16H19BrN2S. The molecule has 1 N–H and O–H groups in total. The SMILES string of the molecule is CN(Cc1csc(Br)c1)C1CCNCc2ccccc21. The van der Waals surface area contributed by atoms with Crippen molar-refractivity contribution in [1.29, 1.82) is 0 Å². The van der Waals surface area contributed by atoms with E-state index in [-0.39, 0.29) is 0 Å². The summed E-state index contributed by atoms with van der Waals surface area (Å²) in [5.41, 5.74) is 4.31. The maximum atomic E-state index is 3.55. The molecule has 0 saturated heterocycles. The first-order valence-corrected chi connectivity index (χ1v) is 8.63. The van der Waals surface area contributed by atoms with E-state index < -0.39 is 0 Å². The molecule has 4 heteroatoms. The average Bonchev–Trinajstić information content (AvgIpc) is 2.74. The second kappa shape index (κ2) is 6.39. The maximum Gasteiger partial charge on any atom is 0.0701 e. The van der Waals surface area contributed by atoms with Crippen LogP contribution >= 0.6 is 27.3 Å². The van der Waals surface area contributed by atoms with E-state index in [0.717, 1.165) is 19.6 Å². The van der Waals surface area contributed by atoms with Crippen LogP contribution in [0.1, 0.15) is 29.2 Å². The van der Waals surface area contributed by atoms with Crippen molar-refractivity contribution in [2.24, 2.45) is 0 Å². The van der Waals surface area contributed by atoms with Crippen LogP contribution in [-0.2, 0) is 13.1 Å². The van der Waals surface area contributed by atoms with E-state index in [2.05, 4.69) is 68.9 Å². The normalized spacial score (nSPS) is 18.9. The first-order chi connectivity index (χ1) is 9.74. The molecule has 106 valence electrons. The van der Waals surface area contributed by atoms with Gasteiger partial charge in [0.2, 0.25) is 0 Å². The molecule has 0 saturated carbocycles. The van der Waals surface area contributed by atoms with Crippen LogP contribution in [0.3, 0.4) is 0 Å². The van der Waals surface area contributed by atoms with Gasteiger partial charge in [0.25, 0.3) is 0 Å². The average molecular weight is 351 g/mol. The molecule has 0 radical (unpaired) electrons. The van der Waals surface area contributed by atoms with Crippen LogP contribution in [0.2, 0.25) is 0 Å². The second-order valence-corrected chi connectivity index (χ2v) is 7.64. The lowest BCUT2D eigenvalue weighted by Crippen LogP contribution is -2.25. The van der Waals surface area contributed by atoms with Crippen molar-refractivity contribution in [2.75, 3.05) is 13.6 Å². The first kappa shape index (κ1) is 14.3. The Balaban J connectivity index is 1.81. The van der Waals surface area contributed by atoms with Crippen molar-refractivity contribution in [2.45, 2.75) is 25.6 Å². The van der Waals surface area contributed by atoms with E-state index >= 15 is 0 Å². The van der Waals surface area contributed by atoms with Gasteiger partial charge in [0.05, 0.1) is 3.79 Å². The van der Waals surface area contributed by atoms with Gasteiger partial charge in [-0.25, -0.2) is 0 Å². The Morgan fingerprint density at radius 1 is 1.40 bits per heavy atom. The molecule has 2 nitrogen and oxygen atoms in total. The van der Waals surface area contributed by atoms with Gasteiger partial charge in [-0.1, -0.05) is 24.3 Å². The van der Waals surface area contributed by atoms with E-state index in [1.165, 1.54) is 26.9 Å². The third-order valence-corrected chi connectivity index (χ3v) is 5.46. The molecular weight excluding hydrogens is 332 g/mol. The van der Waals surface area contributed by atoms with Gasteiger partial charge in [0, 0.05) is 19.1 Å². The van der Waals surface area contributed by atoms with E-state index in [0.29, 0.717) is 6.04 Å². The van der Waals surface area contributed by atoms with Crippen LogP contribution in [0.25, 0.3) is 0 Å². The Bertz CT molecular complexity index is 581. The molecule has 1 aliphatic heterocycles. The van der Waals surface area contributed by atoms with Crippen molar-refractivity contribution >= 4 is 27.3 Å². The lowest BCUT2D eigenvalue weighted by Gasteiger charge is -2.28. The Kier molecular flexibility index (Phi) is 4.56. The smallest absolute Gasteiger partial charge is 0.0701 e. The minimum absolute atomic E-state index is 0.500. The molecule has 1 aromatic heterocycles. The van der Waals surface area contributed by atoms with Crippen molar-refractivity contribution in [3.63, 3.8) is 0 Å². The van der Waals surface area contributed by atoms with Gasteiger partial charge in [-0.05, 0) is 64.1 Å². The van der Waals surface area contributed by atoms with Gasteiger partial charge < -0.3 is 5.32 Å². The molecule has 2 heterocycles. The fourth-order valence-electron chi connectivity index (χ4n) is 2.92. The highest BCUT2D eigenvalue weighted by Crippen LogP contribution is 2.30. The topological polar surface area (TPSA) is 15.3 Å². The summed E-state index contributed by atoms with van der Waals surface area (Å²) in [6.45, 7) is 3.07. The van der Waals surface area contributed by atoms with Gasteiger partial charge in [-0.2, -0.15) is 0 Å². The molecule has 0 amide bonds. The number of fused-ring (bicyclic) bond motifs is 1. The zero-order valence-corrected chi connectivity index (χ0v) is 14.0. The molecule has 0 bridgehead atoms. The van der Waals surface area contributed by atoms with Crippen molar-refractivity contribution in [1.82, 2.24) is 10.2 Å². The summed E-state index contributed by atoms with van der Waals surface area (Å²) < 4.78 is 1.21. The first-order valence-electron chi connectivity index (χ1n) is 6.95. The highest BCUT2D eigenvalue weighted by atomic mass is 79.9. The predicted molar refractivity (Wildman–Crippen MR) is 89.0 cm³/mol. The number of hydrogen-bond donors (Lipinski definition) is 1. The van der Waals surface area contributed by atoms with Crippen LogP contribution < -0.4 is 5.32 Å². The van der Waals surface area contributed by atoms with E-state index in [1.807, 2.05) is 0 Å². The summed E-state index contributed by atoms with van der Waals surface area (Å²) in [6.07, 6.45) is 1.17. The quantitative estimate of drug-likeness (QED) is 0.893. The number of rotatable bonds is 3. The third-order valence-electron chi connectivity index (χ3n) is 3.91. The Hall–Kier alpha value is -0.680. The second-order valence-electron chi connectivity index (χ2n) is 5.35. The van der Waals surface area contributed by atoms with E-state index in [4.69, 9.17) is 0 Å². The molecule has 20 heavy (non-hydrogen) atoms. The molecule has 0 aliphatic carbocycles. The summed E-state index contributed by atoms with van der Waals surface area (Å²) in [4.78, 5) is 2.47. The van der Waals surface area contributed by atoms with Crippen molar-refractivity contribution in [3.05, 3.63) is 56.2 Å². The van der Waals surface area contributed by atoms with Gasteiger partial charge in [-0.15, -0.1) is 11.3 Å². The largest absolute Gasteiger partial charge is 0.313 e. The van der Waals surface area contributed by atoms with Crippen molar-refractivity contribution < 1.29 is 0 Å². The zero-order chi connectivity index (χ0) is 13.9. The van der Waals surface area contributed by atoms with Gasteiger partial charge >= 0.3 is 0 Å². The number of thiophene rings is 1. The van der Waals surface area contributed by atoms with Crippen LogP contribution in [0.5, 0.6) is 0 Å². The minimum atomic E-state index is 0.500. The minimum Gasteiger partial charge on any atom is -0.313 e. The van der Waals surface area contributed by atoms with E-state index in [1.54, 1.807) is 11.3 Å². The molecule has 1 atom stereocenters. The molecule has 1 unspecified atom stereocenters. The number of nitrogens with zero attached hydrogens (tertiary/aromatic N) is 1.